The molecule has 1 aromatic heterocycles. The highest BCUT2D eigenvalue weighted by Gasteiger charge is 2.35. The van der Waals surface area contributed by atoms with E-state index >= 15 is 0 Å². The van der Waals surface area contributed by atoms with Gasteiger partial charge in [-0.05, 0) is 59.8 Å². The standard InChI is InChI=1S/C24H21N3O4S/c1-15-6-8-18(9-7-15)25-22(28)13-27-23(29)21(26-24(27)30)12-20-11-17(14-32-20)16-4-3-5-19(10-16)31-2/h3-12,14H,13H2,1-2H3,(H,25,28)(H,26,30). The smallest absolute Gasteiger partial charge is 0.329 e. The third-order valence-electron chi connectivity index (χ3n) is 4.91. The summed E-state index contributed by atoms with van der Waals surface area (Å²) in [6, 6.07) is 16.2. The van der Waals surface area contributed by atoms with E-state index in [4.69, 9.17) is 4.74 Å². The summed E-state index contributed by atoms with van der Waals surface area (Å²) in [6.07, 6.45) is 1.62. The molecule has 1 aliphatic heterocycles. The Morgan fingerprint density at radius 2 is 1.91 bits per heavy atom. The molecule has 1 fully saturated rings. The summed E-state index contributed by atoms with van der Waals surface area (Å²) in [5.74, 6) is -0.230. The second-order valence-electron chi connectivity index (χ2n) is 7.26. The van der Waals surface area contributed by atoms with Crippen LogP contribution in [0, 0.1) is 6.92 Å². The molecule has 0 spiro atoms. The van der Waals surface area contributed by atoms with Crippen LogP contribution in [-0.2, 0) is 9.59 Å². The molecule has 3 aromatic rings. The Morgan fingerprint density at radius 3 is 2.66 bits per heavy atom. The molecule has 0 saturated carbocycles. The first-order valence-electron chi connectivity index (χ1n) is 9.87. The van der Waals surface area contributed by atoms with Crippen molar-refractivity contribution in [2.24, 2.45) is 0 Å². The van der Waals surface area contributed by atoms with Crippen molar-refractivity contribution in [1.29, 1.82) is 0 Å². The van der Waals surface area contributed by atoms with Gasteiger partial charge in [-0.1, -0.05) is 29.8 Å². The predicted molar refractivity (Wildman–Crippen MR) is 124 cm³/mol. The number of benzene rings is 2. The third kappa shape index (κ3) is 4.70. The topological polar surface area (TPSA) is 87.7 Å². The molecule has 2 heterocycles. The van der Waals surface area contributed by atoms with Crippen LogP contribution < -0.4 is 15.4 Å². The molecule has 32 heavy (non-hydrogen) atoms. The first-order valence-corrected chi connectivity index (χ1v) is 10.7. The second kappa shape index (κ2) is 9.07. The Morgan fingerprint density at radius 1 is 1.12 bits per heavy atom. The fourth-order valence-electron chi connectivity index (χ4n) is 3.22. The SMILES string of the molecule is COc1cccc(-c2csc(C=C3NC(=O)N(CC(=O)Nc4ccc(C)cc4)C3=O)c2)c1. The molecule has 0 bridgehead atoms. The van der Waals surface area contributed by atoms with E-state index in [1.54, 1.807) is 25.3 Å². The highest BCUT2D eigenvalue weighted by molar-refractivity contribution is 7.11. The molecule has 2 aromatic carbocycles. The zero-order valence-corrected chi connectivity index (χ0v) is 18.4. The largest absolute Gasteiger partial charge is 0.497 e. The number of methoxy groups -OCH3 is 1. The van der Waals surface area contributed by atoms with Crippen LogP contribution in [0.5, 0.6) is 5.75 Å². The van der Waals surface area contributed by atoms with E-state index in [0.29, 0.717) is 5.69 Å². The zero-order valence-electron chi connectivity index (χ0n) is 17.5. The lowest BCUT2D eigenvalue weighted by Gasteiger charge is -2.12. The maximum Gasteiger partial charge on any atom is 0.329 e. The molecule has 1 aliphatic rings. The summed E-state index contributed by atoms with van der Waals surface area (Å²) in [5, 5.41) is 7.21. The number of ether oxygens (including phenoxy) is 1. The van der Waals surface area contributed by atoms with Gasteiger partial charge in [0.1, 0.15) is 18.0 Å². The molecule has 4 amide bonds. The fraction of sp³-hybridized carbons (Fsp3) is 0.125. The molecule has 0 atom stereocenters. The van der Waals surface area contributed by atoms with Gasteiger partial charge in [-0.25, -0.2) is 9.69 Å². The number of hydrogen-bond donors (Lipinski definition) is 2. The van der Waals surface area contributed by atoms with Gasteiger partial charge in [-0.2, -0.15) is 0 Å². The van der Waals surface area contributed by atoms with Crippen molar-refractivity contribution in [1.82, 2.24) is 10.2 Å². The van der Waals surface area contributed by atoms with Crippen LogP contribution in [0.3, 0.4) is 0 Å². The van der Waals surface area contributed by atoms with Crippen LogP contribution >= 0.6 is 11.3 Å². The van der Waals surface area contributed by atoms with Gasteiger partial charge in [-0.3, -0.25) is 9.59 Å². The number of nitrogens with one attached hydrogen (secondary N) is 2. The van der Waals surface area contributed by atoms with Gasteiger partial charge < -0.3 is 15.4 Å². The molecule has 0 radical (unpaired) electrons. The average Bonchev–Trinajstić information content (AvgIpc) is 3.36. The summed E-state index contributed by atoms with van der Waals surface area (Å²) in [5.41, 5.74) is 3.77. The minimum atomic E-state index is -0.620. The van der Waals surface area contributed by atoms with E-state index in [1.165, 1.54) is 11.3 Å². The maximum absolute atomic E-state index is 12.7. The van der Waals surface area contributed by atoms with E-state index in [2.05, 4.69) is 10.6 Å². The van der Waals surface area contributed by atoms with Crippen molar-refractivity contribution in [3.05, 3.63) is 76.1 Å². The first kappa shape index (κ1) is 21.3. The fourth-order valence-corrected chi connectivity index (χ4v) is 4.07. The molecule has 0 unspecified atom stereocenters. The number of nitrogens with zero attached hydrogens (tertiary/aromatic N) is 1. The predicted octanol–water partition coefficient (Wildman–Crippen LogP) is 4.26. The third-order valence-corrected chi connectivity index (χ3v) is 5.79. The number of rotatable bonds is 6. The van der Waals surface area contributed by atoms with Crippen LogP contribution in [0.2, 0.25) is 0 Å². The summed E-state index contributed by atoms with van der Waals surface area (Å²) in [6.45, 7) is 1.58. The number of carbonyl (C=O) groups excluding carboxylic acids is 3. The number of anilines is 1. The molecule has 162 valence electrons. The Kier molecular flexibility index (Phi) is 6.04. The average molecular weight is 448 g/mol. The Bertz CT molecular complexity index is 1210. The lowest BCUT2D eigenvalue weighted by atomic mass is 10.1. The van der Waals surface area contributed by atoms with E-state index in [9.17, 15) is 14.4 Å². The van der Waals surface area contributed by atoms with Gasteiger partial charge in [0, 0.05) is 10.6 Å². The highest BCUT2D eigenvalue weighted by atomic mass is 32.1. The Hall–Kier alpha value is -3.91. The number of hydrogen-bond acceptors (Lipinski definition) is 5. The molecule has 7 nitrogen and oxygen atoms in total. The van der Waals surface area contributed by atoms with Crippen molar-refractivity contribution in [3.63, 3.8) is 0 Å². The van der Waals surface area contributed by atoms with Gasteiger partial charge in [-0.15, -0.1) is 11.3 Å². The lowest BCUT2D eigenvalue weighted by molar-refractivity contribution is -0.127. The number of amides is 4. The van der Waals surface area contributed by atoms with Gasteiger partial charge in [0.15, 0.2) is 0 Å². The number of carbonyl (C=O) groups is 3. The molecule has 8 heteroatoms. The monoisotopic (exact) mass is 447 g/mol. The normalized spacial score (nSPS) is 14.6. The van der Waals surface area contributed by atoms with E-state index in [0.717, 1.165) is 32.2 Å². The second-order valence-corrected chi connectivity index (χ2v) is 8.21. The Balaban J connectivity index is 1.44. The number of urea groups is 1. The first-order chi connectivity index (χ1) is 15.4. The Labute approximate surface area is 189 Å². The molecular weight excluding hydrogens is 426 g/mol. The molecule has 0 aliphatic carbocycles. The molecular formula is C24H21N3O4S. The molecule has 1 saturated heterocycles. The van der Waals surface area contributed by atoms with Crippen molar-refractivity contribution in [3.8, 4) is 16.9 Å². The van der Waals surface area contributed by atoms with Crippen molar-refractivity contribution in [2.45, 2.75) is 6.92 Å². The summed E-state index contributed by atoms with van der Waals surface area (Å²) in [7, 11) is 1.61. The molecule has 2 N–H and O–H groups in total. The molecule has 4 rings (SSSR count). The minimum Gasteiger partial charge on any atom is -0.497 e. The van der Waals surface area contributed by atoms with Crippen molar-refractivity contribution in [2.75, 3.05) is 19.0 Å². The summed E-state index contributed by atoms with van der Waals surface area (Å²) in [4.78, 5) is 39.0. The van der Waals surface area contributed by atoms with Crippen molar-refractivity contribution < 1.29 is 19.1 Å². The van der Waals surface area contributed by atoms with Crippen LogP contribution in [0.25, 0.3) is 17.2 Å². The van der Waals surface area contributed by atoms with E-state index in [-0.39, 0.29) is 12.2 Å². The minimum absolute atomic E-state index is 0.136. The summed E-state index contributed by atoms with van der Waals surface area (Å²) >= 11 is 1.45. The van der Waals surface area contributed by atoms with Gasteiger partial charge >= 0.3 is 6.03 Å². The van der Waals surface area contributed by atoms with Crippen LogP contribution in [0.1, 0.15) is 10.4 Å². The maximum atomic E-state index is 12.7. The number of aryl methyl sites for hydroxylation is 1. The summed E-state index contributed by atoms with van der Waals surface area (Å²) < 4.78 is 5.26. The van der Waals surface area contributed by atoms with Crippen LogP contribution in [0.15, 0.2) is 65.7 Å². The van der Waals surface area contributed by atoms with Gasteiger partial charge in [0.05, 0.1) is 7.11 Å². The van der Waals surface area contributed by atoms with Crippen LogP contribution in [0.4, 0.5) is 10.5 Å². The van der Waals surface area contributed by atoms with Crippen molar-refractivity contribution >= 4 is 40.9 Å². The number of imide groups is 1. The number of thiophene rings is 1. The van der Waals surface area contributed by atoms with Crippen LogP contribution in [-0.4, -0.2) is 36.4 Å². The lowest BCUT2D eigenvalue weighted by Crippen LogP contribution is -2.38. The zero-order chi connectivity index (χ0) is 22.7. The van der Waals surface area contributed by atoms with Gasteiger partial charge in [0.2, 0.25) is 5.91 Å². The quantitative estimate of drug-likeness (QED) is 0.437. The highest BCUT2D eigenvalue weighted by Crippen LogP contribution is 2.29. The van der Waals surface area contributed by atoms with E-state index in [1.807, 2.05) is 54.8 Å². The van der Waals surface area contributed by atoms with E-state index < -0.39 is 17.8 Å². The van der Waals surface area contributed by atoms with Gasteiger partial charge in [0.25, 0.3) is 5.91 Å².